The number of aromatic amines is 1. The standard InChI is InChI=1S/C31H33N5O6/c1-34(27(37)20-36(41)17-15-35(2,40)16-18-36)24-12-10-23(11-13-24)32-29(21-7-5-4-6-8-21)28-25-14-9-22(31(39)42-3)19-26(25)33-30(28)38/h4-14,19,33,38H,15-18,20H2,1-3H3. The average Bonchev–Trinajstić information content (AvgIpc) is 3.32. The Labute approximate surface area is 243 Å². The first-order valence-corrected chi connectivity index (χ1v) is 13.6. The number of aromatic nitrogens is 1. The topological polar surface area (TPSA) is 141 Å². The van der Waals surface area contributed by atoms with Crippen LogP contribution in [0.2, 0.25) is 0 Å². The van der Waals surface area contributed by atoms with Gasteiger partial charge in [0.1, 0.15) is 26.2 Å². The van der Waals surface area contributed by atoms with Crippen LogP contribution in [-0.2, 0) is 9.53 Å². The number of methoxy groups -OCH3 is 1. The van der Waals surface area contributed by atoms with E-state index in [1.165, 1.54) is 12.0 Å². The number of carbonyl (C=O) groups is 2. The zero-order valence-electron chi connectivity index (χ0n) is 23.7. The Morgan fingerprint density at radius 1 is 0.976 bits per heavy atom. The molecule has 42 heavy (non-hydrogen) atoms. The number of hydrogen-bond acceptors (Lipinski definition) is 7. The highest BCUT2D eigenvalue weighted by molar-refractivity contribution is 6.22. The number of nitrogens with one attached hydrogen (secondary N) is 1. The second-order valence-corrected chi connectivity index (χ2v) is 10.8. The van der Waals surface area contributed by atoms with Gasteiger partial charge in [-0.25, -0.2) is 9.79 Å². The summed E-state index contributed by atoms with van der Waals surface area (Å²) in [5.74, 6) is -0.913. The van der Waals surface area contributed by atoms with E-state index in [9.17, 15) is 25.1 Å². The van der Waals surface area contributed by atoms with Crippen molar-refractivity contribution in [3.63, 3.8) is 0 Å². The fourth-order valence-electron chi connectivity index (χ4n) is 5.07. The second kappa shape index (κ2) is 11.4. The van der Waals surface area contributed by atoms with Gasteiger partial charge in [-0.05, 0) is 36.4 Å². The van der Waals surface area contributed by atoms with Crippen molar-refractivity contribution in [2.45, 2.75) is 0 Å². The minimum atomic E-state index is -0.697. The number of likely N-dealkylation sites (N-methyl/N-ethyl adjacent to an activating group) is 2. The van der Waals surface area contributed by atoms with Crippen LogP contribution in [0.25, 0.3) is 10.9 Å². The summed E-state index contributed by atoms with van der Waals surface area (Å²) in [7, 11) is 4.47. The Kier molecular flexibility index (Phi) is 7.85. The normalized spacial score (nSPS) is 20.8. The Morgan fingerprint density at radius 2 is 1.64 bits per heavy atom. The highest BCUT2D eigenvalue weighted by atomic mass is 16.6. The van der Waals surface area contributed by atoms with Gasteiger partial charge in [-0.15, -0.1) is 0 Å². The molecule has 218 valence electrons. The van der Waals surface area contributed by atoms with Crippen molar-refractivity contribution in [1.29, 1.82) is 0 Å². The van der Waals surface area contributed by atoms with E-state index in [4.69, 9.17) is 9.73 Å². The molecule has 0 bridgehead atoms. The van der Waals surface area contributed by atoms with E-state index >= 15 is 0 Å². The minimum Gasteiger partial charge on any atom is -0.633 e. The molecule has 1 amide bonds. The monoisotopic (exact) mass is 571 g/mol. The Bertz CT molecular complexity index is 1640. The van der Waals surface area contributed by atoms with Gasteiger partial charge in [-0.3, -0.25) is 4.79 Å². The molecular formula is C31H33N5O6. The lowest BCUT2D eigenvalue weighted by atomic mass is 10.00. The summed E-state index contributed by atoms with van der Waals surface area (Å²) in [5, 5.41) is 36.8. The van der Waals surface area contributed by atoms with Crippen molar-refractivity contribution < 1.29 is 28.7 Å². The molecule has 4 aromatic rings. The summed E-state index contributed by atoms with van der Waals surface area (Å²) < 4.78 is 3.67. The van der Waals surface area contributed by atoms with Crippen LogP contribution < -0.4 is 4.90 Å². The maximum atomic E-state index is 13.0. The number of fused-ring (bicyclic) bond motifs is 1. The number of H-pyrrole nitrogens is 1. The quantitative estimate of drug-likeness (QED) is 0.148. The molecule has 0 spiro atoms. The summed E-state index contributed by atoms with van der Waals surface area (Å²) in [6.07, 6.45) is 0. The molecule has 11 nitrogen and oxygen atoms in total. The van der Waals surface area contributed by atoms with E-state index in [1.54, 1.807) is 56.6 Å². The molecule has 1 aliphatic heterocycles. The van der Waals surface area contributed by atoms with Crippen molar-refractivity contribution >= 4 is 39.9 Å². The second-order valence-electron chi connectivity index (χ2n) is 10.8. The number of rotatable bonds is 7. The van der Waals surface area contributed by atoms with Gasteiger partial charge in [0, 0.05) is 29.2 Å². The first-order chi connectivity index (χ1) is 20.0. The van der Waals surface area contributed by atoms with E-state index in [0.717, 1.165) is 5.56 Å². The molecule has 1 aliphatic rings. The van der Waals surface area contributed by atoms with Gasteiger partial charge >= 0.3 is 5.97 Å². The lowest BCUT2D eigenvalue weighted by molar-refractivity contribution is -0.977. The van der Waals surface area contributed by atoms with Crippen LogP contribution in [-0.4, -0.2) is 90.9 Å². The summed E-state index contributed by atoms with van der Waals surface area (Å²) in [4.78, 5) is 34.2. The van der Waals surface area contributed by atoms with E-state index < -0.39 is 15.3 Å². The molecule has 0 radical (unpaired) electrons. The van der Waals surface area contributed by atoms with Crippen molar-refractivity contribution in [2.24, 2.45) is 4.99 Å². The minimum absolute atomic E-state index is 0.0972. The van der Waals surface area contributed by atoms with Gasteiger partial charge in [0.05, 0.1) is 36.7 Å². The van der Waals surface area contributed by atoms with Crippen LogP contribution in [0, 0.1) is 10.4 Å². The molecule has 0 unspecified atom stereocenters. The first-order valence-electron chi connectivity index (χ1n) is 13.6. The number of carbonyl (C=O) groups excluding carboxylic acids is 2. The molecule has 3 aromatic carbocycles. The van der Waals surface area contributed by atoms with Gasteiger partial charge in [0.25, 0.3) is 5.91 Å². The number of amides is 1. The number of quaternary nitrogens is 2. The predicted molar refractivity (Wildman–Crippen MR) is 160 cm³/mol. The number of benzene rings is 3. The molecule has 1 saturated heterocycles. The number of hydrogen-bond donors (Lipinski definition) is 2. The number of anilines is 1. The van der Waals surface area contributed by atoms with Gasteiger partial charge < -0.3 is 39.4 Å². The highest BCUT2D eigenvalue weighted by Crippen LogP contribution is 2.32. The van der Waals surface area contributed by atoms with Crippen LogP contribution >= 0.6 is 0 Å². The zero-order valence-corrected chi connectivity index (χ0v) is 23.7. The Hall–Kier alpha value is -4.55. The van der Waals surface area contributed by atoms with Crippen molar-refractivity contribution in [3.05, 3.63) is 99.9 Å². The fourth-order valence-corrected chi connectivity index (χ4v) is 5.07. The summed E-state index contributed by atoms with van der Waals surface area (Å²) >= 11 is 0. The Morgan fingerprint density at radius 3 is 2.29 bits per heavy atom. The first kappa shape index (κ1) is 29.0. The molecule has 1 aromatic heterocycles. The van der Waals surface area contributed by atoms with Crippen LogP contribution in [0.3, 0.4) is 0 Å². The maximum absolute atomic E-state index is 13.0. The van der Waals surface area contributed by atoms with Crippen LogP contribution in [0.1, 0.15) is 21.5 Å². The number of aromatic hydroxyl groups is 1. The SMILES string of the molecule is COC(=O)c1ccc2c(C(=Nc3ccc(N(C)C(=O)C[N+]4([O-])CC[N+](C)([O-])CC4)cc3)c3ccccc3)c(O)[nH]c2c1. The van der Waals surface area contributed by atoms with E-state index in [-0.39, 0.29) is 44.5 Å². The smallest absolute Gasteiger partial charge is 0.337 e. The predicted octanol–water partition coefficient (Wildman–Crippen LogP) is 4.06. The van der Waals surface area contributed by atoms with Gasteiger partial charge in [-0.2, -0.15) is 0 Å². The van der Waals surface area contributed by atoms with Crippen molar-refractivity contribution in [2.75, 3.05) is 58.8 Å². The number of esters is 1. The lowest BCUT2D eigenvalue weighted by Gasteiger charge is -2.52. The summed E-state index contributed by atoms with van der Waals surface area (Å²) in [5.41, 5.74) is 3.82. The number of piperazine rings is 1. The third-order valence-electron chi connectivity index (χ3n) is 7.72. The molecule has 0 atom stereocenters. The largest absolute Gasteiger partial charge is 0.633 e. The van der Waals surface area contributed by atoms with E-state index in [0.29, 0.717) is 39.1 Å². The van der Waals surface area contributed by atoms with Gasteiger partial charge in [0.15, 0.2) is 12.4 Å². The number of hydroxylamine groups is 6. The zero-order chi connectivity index (χ0) is 30.1. The summed E-state index contributed by atoms with van der Waals surface area (Å²) in [6.45, 7) is 0.372. The molecule has 2 heterocycles. The molecule has 0 aliphatic carbocycles. The number of nitrogens with zero attached hydrogens (tertiary/aromatic N) is 4. The molecule has 0 saturated carbocycles. The highest BCUT2D eigenvalue weighted by Gasteiger charge is 2.32. The third-order valence-corrected chi connectivity index (χ3v) is 7.72. The molecule has 11 heteroatoms. The molecule has 2 N–H and O–H groups in total. The molecular weight excluding hydrogens is 538 g/mol. The van der Waals surface area contributed by atoms with Crippen LogP contribution in [0.5, 0.6) is 5.88 Å². The lowest BCUT2D eigenvalue weighted by Crippen LogP contribution is -2.63. The fraction of sp³-hybridized carbons (Fsp3) is 0.258. The van der Waals surface area contributed by atoms with Crippen molar-refractivity contribution in [3.8, 4) is 5.88 Å². The van der Waals surface area contributed by atoms with E-state index in [2.05, 4.69) is 4.98 Å². The molecule has 5 rings (SSSR count). The van der Waals surface area contributed by atoms with E-state index in [1.807, 2.05) is 30.3 Å². The number of aliphatic imine (C=N–C) groups is 1. The Balaban J connectivity index is 1.43. The molecule has 1 fully saturated rings. The van der Waals surface area contributed by atoms with Gasteiger partial charge in [-0.1, -0.05) is 36.4 Å². The van der Waals surface area contributed by atoms with Crippen LogP contribution in [0.4, 0.5) is 11.4 Å². The number of ether oxygens (including phenoxy) is 1. The average molecular weight is 572 g/mol. The van der Waals surface area contributed by atoms with Crippen LogP contribution in [0.15, 0.2) is 77.8 Å². The van der Waals surface area contributed by atoms with Gasteiger partial charge in [0.2, 0.25) is 0 Å². The third kappa shape index (κ3) is 6.04. The summed E-state index contributed by atoms with van der Waals surface area (Å²) in [6, 6.07) is 21.4. The maximum Gasteiger partial charge on any atom is 0.337 e. The van der Waals surface area contributed by atoms with Crippen molar-refractivity contribution in [1.82, 2.24) is 4.98 Å².